The molecular formula is C30H42N6O5. The number of benzene rings is 1. The van der Waals surface area contributed by atoms with Crippen molar-refractivity contribution in [1.82, 2.24) is 24.9 Å². The van der Waals surface area contributed by atoms with Crippen LogP contribution in [0.15, 0.2) is 24.3 Å². The fourth-order valence-corrected chi connectivity index (χ4v) is 6.12. The van der Waals surface area contributed by atoms with Gasteiger partial charge in [-0.05, 0) is 71.1 Å². The van der Waals surface area contributed by atoms with Gasteiger partial charge in [0.05, 0.1) is 18.2 Å². The van der Waals surface area contributed by atoms with E-state index in [4.69, 9.17) is 4.74 Å². The number of hydrogen-bond donors (Lipinski definition) is 1. The van der Waals surface area contributed by atoms with Gasteiger partial charge in [-0.25, -0.2) is 4.79 Å². The van der Waals surface area contributed by atoms with Gasteiger partial charge in [0.15, 0.2) is 0 Å². The molecule has 3 heterocycles. The van der Waals surface area contributed by atoms with Crippen molar-refractivity contribution in [1.29, 1.82) is 5.26 Å². The third-order valence-corrected chi connectivity index (χ3v) is 8.12. The lowest BCUT2D eigenvalue weighted by Gasteiger charge is -2.40. The van der Waals surface area contributed by atoms with Crippen LogP contribution in [0.2, 0.25) is 0 Å². The summed E-state index contributed by atoms with van der Waals surface area (Å²) < 4.78 is 5.44. The van der Waals surface area contributed by atoms with Crippen molar-refractivity contribution in [3.63, 3.8) is 0 Å². The van der Waals surface area contributed by atoms with Gasteiger partial charge in [-0.15, -0.1) is 0 Å². The lowest BCUT2D eigenvalue weighted by molar-refractivity contribution is -0.142. The molecule has 222 valence electrons. The Kier molecular flexibility index (Phi) is 8.92. The number of piperidine rings is 1. The van der Waals surface area contributed by atoms with Gasteiger partial charge in [-0.3, -0.25) is 19.3 Å². The summed E-state index contributed by atoms with van der Waals surface area (Å²) in [6, 6.07) is 7.48. The van der Waals surface area contributed by atoms with E-state index in [2.05, 4.69) is 11.4 Å². The molecule has 1 N–H and O–H groups in total. The molecule has 5 atom stereocenters. The average Bonchev–Trinajstić information content (AvgIpc) is 3.47. The number of rotatable bonds is 7. The van der Waals surface area contributed by atoms with E-state index in [1.165, 1.54) is 4.90 Å². The minimum atomic E-state index is -0.946. The van der Waals surface area contributed by atoms with Crippen molar-refractivity contribution < 1.29 is 23.9 Å². The topological polar surface area (TPSA) is 126 Å². The predicted octanol–water partition coefficient (Wildman–Crippen LogP) is 2.53. The number of nitrogens with zero attached hydrogens (tertiary/aromatic N) is 5. The predicted molar refractivity (Wildman–Crippen MR) is 152 cm³/mol. The van der Waals surface area contributed by atoms with Gasteiger partial charge in [-0.1, -0.05) is 12.1 Å². The molecule has 3 fully saturated rings. The number of alkyl carbamates (subject to hydrolysis) is 1. The van der Waals surface area contributed by atoms with Gasteiger partial charge in [0.1, 0.15) is 17.7 Å². The average molecular weight is 567 g/mol. The molecule has 4 amide bonds. The Morgan fingerprint density at radius 3 is 2.44 bits per heavy atom. The van der Waals surface area contributed by atoms with Crippen molar-refractivity contribution in [3.05, 3.63) is 35.4 Å². The Morgan fingerprint density at radius 1 is 1.17 bits per heavy atom. The first-order chi connectivity index (χ1) is 19.3. The molecule has 2 unspecified atom stereocenters. The second-order valence-corrected chi connectivity index (χ2v) is 12.5. The fraction of sp³-hybridized carbons (Fsp3) is 0.633. The zero-order valence-electron chi connectivity index (χ0n) is 24.9. The van der Waals surface area contributed by atoms with Gasteiger partial charge in [0.25, 0.3) is 5.91 Å². The molecule has 0 aliphatic carbocycles. The highest BCUT2D eigenvalue weighted by molar-refractivity contribution is 5.94. The molecule has 1 aromatic carbocycles. The number of amides is 4. The smallest absolute Gasteiger partial charge is 0.408 e. The molecule has 0 aromatic heterocycles. The first kappa shape index (κ1) is 30.3. The van der Waals surface area contributed by atoms with Crippen LogP contribution >= 0.6 is 0 Å². The summed E-state index contributed by atoms with van der Waals surface area (Å²) in [5, 5.41) is 12.4. The highest BCUT2D eigenvalue weighted by Crippen LogP contribution is 2.38. The third kappa shape index (κ3) is 6.64. The molecule has 2 bridgehead atoms. The SMILES string of the molecule is CC(c1ccc(C(=O)N(C)C)cc1)N1C(=O)C2C[C@H]1CN2C[C@H](NC(=O)OC(C)(C)C)C(=O)N1CCCC[C@H]1C#N. The molecule has 41 heavy (non-hydrogen) atoms. The summed E-state index contributed by atoms with van der Waals surface area (Å²) in [5.41, 5.74) is 0.793. The molecule has 3 saturated heterocycles. The Bertz CT molecular complexity index is 1200. The van der Waals surface area contributed by atoms with E-state index in [1.54, 1.807) is 51.9 Å². The lowest BCUT2D eigenvalue weighted by Crippen LogP contribution is -2.60. The van der Waals surface area contributed by atoms with Crippen LogP contribution in [0.4, 0.5) is 4.79 Å². The Balaban J connectivity index is 1.47. The molecule has 0 spiro atoms. The number of nitrogens with one attached hydrogen (secondary N) is 1. The summed E-state index contributed by atoms with van der Waals surface area (Å²) in [7, 11) is 3.42. The maximum Gasteiger partial charge on any atom is 0.408 e. The summed E-state index contributed by atoms with van der Waals surface area (Å²) >= 11 is 0. The van der Waals surface area contributed by atoms with E-state index in [0.717, 1.165) is 18.4 Å². The highest BCUT2D eigenvalue weighted by atomic mass is 16.6. The molecular weight excluding hydrogens is 524 g/mol. The van der Waals surface area contributed by atoms with E-state index in [0.29, 0.717) is 31.5 Å². The molecule has 4 rings (SSSR count). The third-order valence-electron chi connectivity index (χ3n) is 8.12. The van der Waals surface area contributed by atoms with Crippen LogP contribution in [-0.4, -0.2) is 107 Å². The number of ether oxygens (including phenoxy) is 1. The molecule has 0 saturated carbocycles. The van der Waals surface area contributed by atoms with Crippen molar-refractivity contribution in [2.45, 2.75) is 89.2 Å². The summed E-state index contributed by atoms with van der Waals surface area (Å²) in [6.07, 6.45) is 2.21. The normalized spacial score (nSPS) is 24.0. The summed E-state index contributed by atoms with van der Waals surface area (Å²) in [4.78, 5) is 59.2. The van der Waals surface area contributed by atoms with E-state index in [9.17, 15) is 24.4 Å². The molecule has 1 aromatic rings. The minimum Gasteiger partial charge on any atom is -0.444 e. The van der Waals surface area contributed by atoms with Gasteiger partial charge in [0, 0.05) is 45.3 Å². The standard InChI is InChI=1S/C30H42N6O5/c1-19(20-10-12-21(13-11-20)26(37)33(5)6)36-23-15-25(28(36)39)34(17-23)18-24(32-29(40)41-30(2,3)4)27(38)35-14-8-7-9-22(35)16-31/h10-13,19,22-25H,7-9,14-15,17-18H2,1-6H3,(H,32,40)/t19?,22-,23-,24-,25?/m0/s1. The van der Waals surface area contributed by atoms with Crippen LogP contribution in [0.3, 0.4) is 0 Å². The minimum absolute atomic E-state index is 0.0152. The number of fused-ring (bicyclic) bond motifs is 2. The number of likely N-dealkylation sites (tertiary alicyclic amines) is 3. The summed E-state index contributed by atoms with van der Waals surface area (Å²) in [5.74, 6) is -0.417. The van der Waals surface area contributed by atoms with Gasteiger partial charge in [-0.2, -0.15) is 5.26 Å². The maximum atomic E-state index is 13.7. The van der Waals surface area contributed by atoms with E-state index in [-0.39, 0.29) is 36.3 Å². The van der Waals surface area contributed by atoms with E-state index in [1.807, 2.05) is 28.9 Å². The molecule has 3 aliphatic rings. The monoisotopic (exact) mass is 566 g/mol. The first-order valence-electron chi connectivity index (χ1n) is 14.4. The number of hydrogen-bond acceptors (Lipinski definition) is 7. The molecule has 0 radical (unpaired) electrons. The zero-order valence-corrected chi connectivity index (χ0v) is 24.9. The van der Waals surface area contributed by atoms with E-state index >= 15 is 0 Å². The van der Waals surface area contributed by atoms with Gasteiger partial charge in [0.2, 0.25) is 11.8 Å². The zero-order chi connectivity index (χ0) is 30.1. The van der Waals surface area contributed by atoms with Gasteiger partial charge >= 0.3 is 6.09 Å². The Morgan fingerprint density at radius 2 is 1.85 bits per heavy atom. The Labute approximate surface area is 242 Å². The van der Waals surface area contributed by atoms with Crippen LogP contribution in [-0.2, 0) is 14.3 Å². The van der Waals surface area contributed by atoms with Crippen LogP contribution < -0.4 is 5.32 Å². The van der Waals surface area contributed by atoms with Crippen LogP contribution in [0, 0.1) is 11.3 Å². The summed E-state index contributed by atoms with van der Waals surface area (Å²) in [6.45, 7) is 8.42. The molecule has 11 heteroatoms. The fourth-order valence-electron chi connectivity index (χ4n) is 6.12. The quantitative estimate of drug-likeness (QED) is 0.538. The second-order valence-electron chi connectivity index (χ2n) is 12.5. The van der Waals surface area contributed by atoms with Crippen molar-refractivity contribution in [2.24, 2.45) is 0 Å². The number of nitriles is 1. The number of piperazine rings is 1. The lowest BCUT2D eigenvalue weighted by atomic mass is 10.0. The van der Waals surface area contributed by atoms with Crippen LogP contribution in [0.25, 0.3) is 0 Å². The van der Waals surface area contributed by atoms with Crippen molar-refractivity contribution in [3.8, 4) is 6.07 Å². The first-order valence-corrected chi connectivity index (χ1v) is 14.4. The maximum absolute atomic E-state index is 13.7. The highest BCUT2D eigenvalue weighted by Gasteiger charge is 2.52. The number of carbonyl (C=O) groups is 4. The van der Waals surface area contributed by atoms with Gasteiger partial charge < -0.3 is 24.8 Å². The second kappa shape index (κ2) is 12.1. The van der Waals surface area contributed by atoms with Crippen molar-refractivity contribution >= 4 is 23.8 Å². The molecule has 11 nitrogen and oxygen atoms in total. The van der Waals surface area contributed by atoms with Crippen molar-refractivity contribution in [2.75, 3.05) is 33.7 Å². The largest absolute Gasteiger partial charge is 0.444 e. The van der Waals surface area contributed by atoms with Crippen LogP contribution in [0.5, 0.6) is 0 Å². The Hall–Kier alpha value is -3.65. The number of carbonyl (C=O) groups excluding carboxylic acids is 4. The van der Waals surface area contributed by atoms with Crippen LogP contribution in [0.1, 0.15) is 75.3 Å². The van der Waals surface area contributed by atoms with E-state index < -0.39 is 29.8 Å². The molecule has 3 aliphatic heterocycles.